The van der Waals surface area contributed by atoms with Gasteiger partial charge in [0.1, 0.15) is 0 Å². The minimum atomic E-state index is -0.0876. The summed E-state index contributed by atoms with van der Waals surface area (Å²) < 4.78 is 1.53. The molecule has 7 heteroatoms. The minimum Gasteiger partial charge on any atom is -0.378 e. The molecule has 1 heterocycles. The smallest absolute Gasteiger partial charge is 0.270 e. The topological polar surface area (TPSA) is 26.8 Å². The zero-order valence-corrected chi connectivity index (χ0v) is 18.8. The number of nitrogens with zero attached hydrogens (tertiary/aromatic N) is 3. The van der Waals surface area contributed by atoms with E-state index in [-0.39, 0.29) is 5.91 Å². The molecule has 1 aliphatic heterocycles. The van der Waals surface area contributed by atoms with Crippen molar-refractivity contribution in [2.45, 2.75) is 0 Å². The molecule has 0 bridgehead atoms. The van der Waals surface area contributed by atoms with E-state index in [1.165, 1.54) is 11.8 Å². The van der Waals surface area contributed by atoms with Crippen molar-refractivity contribution in [3.05, 3.63) is 57.4 Å². The second-order valence-corrected chi connectivity index (χ2v) is 9.06. The molecule has 1 fully saturated rings. The third-order valence-corrected chi connectivity index (χ3v) is 6.11. The maximum absolute atomic E-state index is 12.9. The number of thioether (sulfide) groups is 1. The fourth-order valence-corrected chi connectivity index (χ4v) is 4.77. The number of thiocarbonyl (C=S) groups is 1. The number of carbonyl (C=O) groups is 1. The van der Waals surface area contributed by atoms with E-state index < -0.39 is 0 Å². The van der Waals surface area contributed by atoms with Crippen molar-refractivity contribution in [3.8, 4) is 0 Å². The molecule has 1 aliphatic rings. The molecule has 0 unspecified atom stereocenters. The lowest BCUT2D eigenvalue weighted by Crippen LogP contribution is -2.27. The Kier molecular flexibility index (Phi) is 5.93. The van der Waals surface area contributed by atoms with Gasteiger partial charge in [-0.3, -0.25) is 9.69 Å². The van der Waals surface area contributed by atoms with Crippen LogP contribution >= 0.6 is 39.9 Å². The molecule has 1 saturated heterocycles. The SMILES string of the molecule is CN(C)c1ccc(N2C(=O)/C(=C/c3ccc(N(C)C)c(Br)c3)SC2=S)cc1. The number of rotatable bonds is 4. The van der Waals surface area contributed by atoms with E-state index >= 15 is 0 Å². The largest absolute Gasteiger partial charge is 0.378 e. The highest BCUT2D eigenvalue weighted by Crippen LogP contribution is 2.37. The molecule has 0 spiro atoms. The number of hydrogen-bond donors (Lipinski definition) is 0. The quantitative estimate of drug-likeness (QED) is 0.472. The van der Waals surface area contributed by atoms with Gasteiger partial charge >= 0.3 is 0 Å². The Morgan fingerprint density at radius 2 is 1.70 bits per heavy atom. The van der Waals surface area contributed by atoms with Crippen molar-refractivity contribution in [3.63, 3.8) is 0 Å². The van der Waals surface area contributed by atoms with Crippen LogP contribution in [0, 0.1) is 0 Å². The van der Waals surface area contributed by atoms with E-state index in [9.17, 15) is 4.79 Å². The minimum absolute atomic E-state index is 0.0876. The summed E-state index contributed by atoms with van der Waals surface area (Å²) in [5.74, 6) is -0.0876. The first kappa shape index (κ1) is 19.9. The second-order valence-electron chi connectivity index (χ2n) is 6.53. The summed E-state index contributed by atoms with van der Waals surface area (Å²) in [6.45, 7) is 0. The van der Waals surface area contributed by atoms with Gasteiger partial charge in [-0.25, -0.2) is 0 Å². The lowest BCUT2D eigenvalue weighted by molar-refractivity contribution is -0.113. The Morgan fingerprint density at radius 3 is 2.26 bits per heavy atom. The van der Waals surface area contributed by atoms with Gasteiger partial charge in [0, 0.05) is 38.4 Å². The van der Waals surface area contributed by atoms with Crippen LogP contribution in [0.2, 0.25) is 0 Å². The molecule has 27 heavy (non-hydrogen) atoms. The van der Waals surface area contributed by atoms with Crippen LogP contribution < -0.4 is 14.7 Å². The molecule has 0 aliphatic carbocycles. The van der Waals surface area contributed by atoms with Crippen LogP contribution in [0.15, 0.2) is 51.8 Å². The zero-order valence-electron chi connectivity index (χ0n) is 15.6. The molecule has 3 rings (SSSR count). The molecule has 4 nitrogen and oxygen atoms in total. The molecular formula is C20H20BrN3OS2. The van der Waals surface area contributed by atoms with Gasteiger partial charge in [-0.15, -0.1) is 0 Å². The van der Waals surface area contributed by atoms with Crippen LogP contribution in [-0.4, -0.2) is 38.4 Å². The summed E-state index contributed by atoms with van der Waals surface area (Å²) in [6, 6.07) is 13.8. The van der Waals surface area contributed by atoms with Gasteiger partial charge in [0.25, 0.3) is 5.91 Å². The van der Waals surface area contributed by atoms with Gasteiger partial charge < -0.3 is 9.80 Å². The first-order chi connectivity index (χ1) is 12.8. The summed E-state index contributed by atoms with van der Waals surface area (Å²) in [7, 11) is 7.95. The Balaban J connectivity index is 1.87. The van der Waals surface area contributed by atoms with Gasteiger partial charge in [-0.2, -0.15) is 0 Å². The fraction of sp³-hybridized carbons (Fsp3) is 0.200. The number of hydrogen-bond acceptors (Lipinski definition) is 5. The summed E-state index contributed by atoms with van der Waals surface area (Å²) >= 11 is 10.4. The molecular weight excluding hydrogens is 442 g/mol. The Labute approximate surface area is 178 Å². The molecule has 0 radical (unpaired) electrons. The summed E-state index contributed by atoms with van der Waals surface area (Å²) in [5.41, 5.74) is 3.90. The Morgan fingerprint density at radius 1 is 1.04 bits per heavy atom. The summed E-state index contributed by atoms with van der Waals surface area (Å²) in [6.07, 6.45) is 1.89. The lowest BCUT2D eigenvalue weighted by Gasteiger charge is -2.17. The monoisotopic (exact) mass is 461 g/mol. The van der Waals surface area contributed by atoms with Gasteiger partial charge in [-0.05, 0) is 64.0 Å². The predicted molar refractivity (Wildman–Crippen MR) is 125 cm³/mol. The van der Waals surface area contributed by atoms with E-state index in [4.69, 9.17) is 12.2 Å². The van der Waals surface area contributed by atoms with Gasteiger partial charge in [0.05, 0.1) is 16.3 Å². The van der Waals surface area contributed by atoms with Gasteiger partial charge in [0.2, 0.25) is 0 Å². The maximum atomic E-state index is 12.9. The molecule has 0 saturated carbocycles. The van der Waals surface area contributed by atoms with Crippen molar-refractivity contribution in [1.29, 1.82) is 0 Å². The molecule has 0 atom stereocenters. The van der Waals surface area contributed by atoms with Gasteiger partial charge in [-0.1, -0.05) is 30.0 Å². The average Bonchev–Trinajstić information content (AvgIpc) is 2.88. The van der Waals surface area contributed by atoms with Crippen molar-refractivity contribution < 1.29 is 4.79 Å². The first-order valence-corrected chi connectivity index (χ1v) is 10.3. The average molecular weight is 462 g/mol. The van der Waals surface area contributed by atoms with Crippen molar-refractivity contribution in [1.82, 2.24) is 0 Å². The van der Waals surface area contributed by atoms with Crippen LogP contribution in [0.1, 0.15) is 5.56 Å². The molecule has 1 amide bonds. The van der Waals surface area contributed by atoms with Crippen LogP contribution in [0.5, 0.6) is 0 Å². The first-order valence-electron chi connectivity index (χ1n) is 8.30. The molecule has 0 N–H and O–H groups in total. The predicted octanol–water partition coefficient (Wildman–Crippen LogP) is 4.99. The summed E-state index contributed by atoms with van der Waals surface area (Å²) in [5, 5.41) is 0. The van der Waals surface area contributed by atoms with Crippen molar-refractivity contribution >= 4 is 73.3 Å². The van der Waals surface area contributed by atoms with Crippen LogP contribution in [0.3, 0.4) is 0 Å². The number of amides is 1. The zero-order chi connectivity index (χ0) is 19.7. The van der Waals surface area contributed by atoms with Crippen molar-refractivity contribution in [2.24, 2.45) is 0 Å². The number of anilines is 3. The normalized spacial score (nSPS) is 15.6. The second kappa shape index (κ2) is 8.04. The number of halogens is 1. The highest BCUT2D eigenvalue weighted by atomic mass is 79.9. The highest BCUT2D eigenvalue weighted by molar-refractivity contribution is 9.10. The van der Waals surface area contributed by atoms with Gasteiger partial charge in [0.15, 0.2) is 4.32 Å². The third-order valence-electron chi connectivity index (χ3n) is 4.17. The van der Waals surface area contributed by atoms with Crippen LogP contribution in [0.25, 0.3) is 6.08 Å². The summed E-state index contributed by atoms with van der Waals surface area (Å²) in [4.78, 5) is 19.2. The molecule has 0 aromatic heterocycles. The lowest BCUT2D eigenvalue weighted by atomic mass is 10.2. The maximum Gasteiger partial charge on any atom is 0.270 e. The van der Waals surface area contributed by atoms with E-state index in [1.54, 1.807) is 4.90 Å². The van der Waals surface area contributed by atoms with E-state index in [0.29, 0.717) is 9.23 Å². The third kappa shape index (κ3) is 4.20. The van der Waals surface area contributed by atoms with Crippen molar-refractivity contribution in [2.75, 3.05) is 42.9 Å². The van der Waals surface area contributed by atoms with Crippen LogP contribution in [0.4, 0.5) is 17.1 Å². The van der Waals surface area contributed by atoms with E-state index in [2.05, 4.69) is 15.9 Å². The standard InChI is InChI=1S/C20H20BrN3OS2/c1-22(2)14-6-8-15(9-7-14)24-19(25)18(27-20(24)26)12-13-5-10-17(23(3)4)16(21)11-13/h5-12H,1-4H3/b18-12-. The Hall–Kier alpha value is -1.83. The molecule has 2 aromatic carbocycles. The Bertz CT molecular complexity index is 923. The molecule has 140 valence electrons. The van der Waals surface area contributed by atoms with Crippen LogP contribution in [-0.2, 0) is 4.79 Å². The number of carbonyl (C=O) groups excluding carboxylic acids is 1. The van der Waals surface area contributed by atoms with E-state index in [0.717, 1.165) is 27.1 Å². The highest BCUT2D eigenvalue weighted by Gasteiger charge is 2.33. The number of benzene rings is 2. The fourth-order valence-electron chi connectivity index (χ4n) is 2.72. The molecule has 2 aromatic rings. The van der Waals surface area contributed by atoms with E-state index in [1.807, 2.05) is 86.5 Å².